The summed E-state index contributed by atoms with van der Waals surface area (Å²) in [5.41, 5.74) is 0.372. The average Bonchev–Trinajstić information content (AvgIpc) is 2.38. The van der Waals surface area contributed by atoms with Crippen molar-refractivity contribution in [2.24, 2.45) is 0 Å². The van der Waals surface area contributed by atoms with Gasteiger partial charge < -0.3 is 10.1 Å². The van der Waals surface area contributed by atoms with Crippen molar-refractivity contribution in [2.45, 2.75) is 25.4 Å². The third-order valence-corrected chi connectivity index (χ3v) is 3.28. The highest BCUT2D eigenvalue weighted by molar-refractivity contribution is 6.33. The maximum Gasteiger partial charge on any atom is 0.293 e. The lowest BCUT2D eigenvalue weighted by Gasteiger charge is -2.23. The Balaban J connectivity index is 2.05. The first-order valence-electron chi connectivity index (χ1n) is 5.97. The third kappa shape index (κ3) is 3.11. The molecule has 18 heavy (non-hydrogen) atoms. The first-order chi connectivity index (χ1) is 8.68. The number of nitro benzene ring substituents is 1. The first kappa shape index (κ1) is 13.1. The highest BCUT2D eigenvalue weighted by Crippen LogP contribution is 2.32. The van der Waals surface area contributed by atoms with Crippen LogP contribution in [0.25, 0.3) is 0 Å². The molecule has 1 N–H and O–H groups in total. The molecule has 5 nitrogen and oxygen atoms in total. The quantitative estimate of drug-likeness (QED) is 0.674. The zero-order valence-electron chi connectivity index (χ0n) is 9.89. The minimum atomic E-state index is -0.435. The van der Waals surface area contributed by atoms with E-state index in [1.807, 2.05) is 0 Å². The number of halogens is 1. The number of para-hydroxylation sites is 1. The highest BCUT2D eigenvalue weighted by atomic mass is 35.5. The minimum Gasteiger partial charge on any atom is -0.376 e. The van der Waals surface area contributed by atoms with Crippen LogP contribution in [0.3, 0.4) is 0 Å². The second-order valence-corrected chi connectivity index (χ2v) is 4.67. The Morgan fingerprint density at radius 3 is 3.00 bits per heavy atom. The van der Waals surface area contributed by atoms with E-state index < -0.39 is 4.92 Å². The Labute approximate surface area is 110 Å². The largest absolute Gasteiger partial charge is 0.376 e. The summed E-state index contributed by atoms with van der Waals surface area (Å²) >= 11 is 5.98. The fourth-order valence-electron chi connectivity index (χ4n) is 2.02. The Kier molecular flexibility index (Phi) is 4.38. The first-order valence-corrected chi connectivity index (χ1v) is 6.34. The van der Waals surface area contributed by atoms with Crippen molar-refractivity contribution in [3.8, 4) is 0 Å². The van der Waals surface area contributed by atoms with Gasteiger partial charge in [0.2, 0.25) is 0 Å². The molecule has 0 amide bonds. The number of hydrogen-bond acceptors (Lipinski definition) is 4. The molecule has 0 radical (unpaired) electrons. The molecule has 1 aromatic rings. The predicted octanol–water partition coefficient (Wildman–Crippen LogP) is 3.23. The molecule has 2 rings (SSSR count). The molecular formula is C12H15ClN2O3. The molecule has 0 aromatic heterocycles. The number of hydrogen-bond donors (Lipinski definition) is 1. The maximum absolute atomic E-state index is 10.9. The summed E-state index contributed by atoms with van der Waals surface area (Å²) in [7, 11) is 0. The summed E-state index contributed by atoms with van der Waals surface area (Å²) in [6.07, 6.45) is 3.31. The lowest BCUT2D eigenvalue weighted by atomic mass is 10.1. The van der Waals surface area contributed by atoms with Gasteiger partial charge in [-0.1, -0.05) is 17.7 Å². The third-order valence-electron chi connectivity index (χ3n) is 2.97. The van der Waals surface area contributed by atoms with Crippen LogP contribution < -0.4 is 5.32 Å². The summed E-state index contributed by atoms with van der Waals surface area (Å²) in [5.74, 6) is 0. The summed E-state index contributed by atoms with van der Waals surface area (Å²) < 4.78 is 5.56. The van der Waals surface area contributed by atoms with Crippen LogP contribution in [-0.4, -0.2) is 24.2 Å². The molecule has 1 unspecified atom stereocenters. The number of rotatable bonds is 4. The van der Waals surface area contributed by atoms with E-state index >= 15 is 0 Å². The van der Waals surface area contributed by atoms with Crippen LogP contribution in [0.5, 0.6) is 0 Å². The number of ether oxygens (including phenoxy) is 1. The molecule has 0 saturated carbocycles. The SMILES string of the molecule is O=[N+]([O-])c1cccc(Cl)c1NCC1CCCCO1. The van der Waals surface area contributed by atoms with Crippen LogP contribution in [0.1, 0.15) is 19.3 Å². The molecule has 1 heterocycles. The Morgan fingerprint density at radius 1 is 1.50 bits per heavy atom. The van der Waals surface area contributed by atoms with Gasteiger partial charge >= 0.3 is 0 Å². The number of nitrogens with one attached hydrogen (secondary N) is 1. The molecular weight excluding hydrogens is 256 g/mol. The highest BCUT2D eigenvalue weighted by Gasteiger charge is 2.19. The van der Waals surface area contributed by atoms with Gasteiger partial charge in [0.25, 0.3) is 5.69 Å². The fraction of sp³-hybridized carbons (Fsp3) is 0.500. The Hall–Kier alpha value is -1.33. The number of anilines is 1. The van der Waals surface area contributed by atoms with Crippen LogP contribution in [0.4, 0.5) is 11.4 Å². The van der Waals surface area contributed by atoms with Gasteiger partial charge in [-0.25, -0.2) is 0 Å². The minimum absolute atomic E-state index is 0.00157. The van der Waals surface area contributed by atoms with Gasteiger partial charge in [-0.3, -0.25) is 10.1 Å². The number of benzene rings is 1. The number of nitro groups is 1. The molecule has 98 valence electrons. The van der Waals surface area contributed by atoms with Gasteiger partial charge in [0.05, 0.1) is 16.0 Å². The summed E-state index contributed by atoms with van der Waals surface area (Å²) in [6, 6.07) is 4.65. The topological polar surface area (TPSA) is 64.4 Å². The van der Waals surface area contributed by atoms with E-state index in [1.165, 1.54) is 6.07 Å². The van der Waals surface area contributed by atoms with Crippen LogP contribution in [-0.2, 0) is 4.74 Å². The second kappa shape index (κ2) is 6.02. The van der Waals surface area contributed by atoms with Gasteiger partial charge in [-0.05, 0) is 25.3 Å². The molecule has 1 aromatic carbocycles. The van der Waals surface area contributed by atoms with Crippen LogP contribution in [0.15, 0.2) is 18.2 Å². The van der Waals surface area contributed by atoms with Crippen LogP contribution in [0, 0.1) is 10.1 Å². The molecule has 1 saturated heterocycles. The zero-order valence-corrected chi connectivity index (χ0v) is 10.7. The molecule has 1 fully saturated rings. The monoisotopic (exact) mass is 270 g/mol. The average molecular weight is 271 g/mol. The van der Waals surface area contributed by atoms with E-state index in [0.29, 0.717) is 17.3 Å². The molecule has 6 heteroatoms. The van der Waals surface area contributed by atoms with Crippen LogP contribution >= 0.6 is 11.6 Å². The van der Waals surface area contributed by atoms with Crippen LogP contribution in [0.2, 0.25) is 5.02 Å². The van der Waals surface area contributed by atoms with Crippen molar-refractivity contribution in [1.29, 1.82) is 0 Å². The maximum atomic E-state index is 10.9. The zero-order chi connectivity index (χ0) is 13.0. The Bertz CT molecular complexity index is 433. The fourth-order valence-corrected chi connectivity index (χ4v) is 2.26. The van der Waals surface area contributed by atoms with Crippen molar-refractivity contribution in [3.05, 3.63) is 33.3 Å². The van der Waals surface area contributed by atoms with Gasteiger partial charge in [0.1, 0.15) is 5.69 Å². The van der Waals surface area contributed by atoms with Crippen molar-refractivity contribution in [2.75, 3.05) is 18.5 Å². The lowest BCUT2D eigenvalue weighted by Crippen LogP contribution is -2.27. The van der Waals surface area contributed by atoms with Gasteiger partial charge in [-0.2, -0.15) is 0 Å². The van der Waals surface area contributed by atoms with E-state index in [0.717, 1.165) is 25.9 Å². The van der Waals surface area contributed by atoms with Gasteiger partial charge in [-0.15, -0.1) is 0 Å². The van der Waals surface area contributed by atoms with E-state index in [9.17, 15) is 10.1 Å². The normalized spacial score (nSPS) is 19.5. The molecule has 0 bridgehead atoms. The lowest BCUT2D eigenvalue weighted by molar-refractivity contribution is -0.383. The second-order valence-electron chi connectivity index (χ2n) is 4.26. The summed E-state index contributed by atoms with van der Waals surface area (Å²) in [5, 5.41) is 14.3. The Morgan fingerprint density at radius 2 is 2.33 bits per heavy atom. The van der Waals surface area contributed by atoms with E-state index in [4.69, 9.17) is 16.3 Å². The summed E-state index contributed by atoms with van der Waals surface area (Å²) in [6.45, 7) is 1.31. The van der Waals surface area contributed by atoms with Crippen molar-refractivity contribution >= 4 is 23.0 Å². The smallest absolute Gasteiger partial charge is 0.293 e. The van der Waals surface area contributed by atoms with Gasteiger partial charge in [0.15, 0.2) is 0 Å². The molecule has 0 spiro atoms. The predicted molar refractivity (Wildman–Crippen MR) is 70.2 cm³/mol. The van der Waals surface area contributed by atoms with Gasteiger partial charge in [0, 0.05) is 19.2 Å². The molecule has 1 aliphatic heterocycles. The van der Waals surface area contributed by atoms with E-state index in [2.05, 4.69) is 5.32 Å². The van der Waals surface area contributed by atoms with Crippen molar-refractivity contribution in [1.82, 2.24) is 0 Å². The van der Waals surface area contributed by atoms with Crippen molar-refractivity contribution < 1.29 is 9.66 Å². The van der Waals surface area contributed by atoms with E-state index in [-0.39, 0.29) is 11.8 Å². The summed E-state index contributed by atoms with van der Waals surface area (Å²) in [4.78, 5) is 10.5. The molecule has 1 aliphatic rings. The molecule has 1 atom stereocenters. The number of nitrogens with zero attached hydrogens (tertiary/aromatic N) is 1. The standard InChI is InChI=1S/C12H15ClN2O3/c13-10-5-3-6-11(15(16)17)12(10)14-8-9-4-1-2-7-18-9/h3,5-6,9,14H,1-2,4,7-8H2. The van der Waals surface area contributed by atoms with Crippen molar-refractivity contribution in [3.63, 3.8) is 0 Å². The molecule has 0 aliphatic carbocycles. The van der Waals surface area contributed by atoms with E-state index in [1.54, 1.807) is 12.1 Å².